The van der Waals surface area contributed by atoms with E-state index >= 15 is 0 Å². The van der Waals surface area contributed by atoms with Crippen LogP contribution in [-0.2, 0) is 10.2 Å². The molecule has 1 aromatic carbocycles. The first-order chi connectivity index (χ1) is 9.44. The van der Waals surface area contributed by atoms with E-state index < -0.39 is 10.2 Å². The van der Waals surface area contributed by atoms with Gasteiger partial charge in [0.05, 0.1) is 11.9 Å². The van der Waals surface area contributed by atoms with Gasteiger partial charge in [-0.15, -0.1) is 4.40 Å². The van der Waals surface area contributed by atoms with Crippen LogP contribution in [0.15, 0.2) is 34.9 Å². The third-order valence-electron chi connectivity index (χ3n) is 2.81. The van der Waals surface area contributed by atoms with E-state index in [0.29, 0.717) is 5.69 Å². The molecule has 1 aliphatic heterocycles. The summed E-state index contributed by atoms with van der Waals surface area (Å²) in [6.07, 6.45) is 1.49. The Morgan fingerprint density at radius 2 is 1.90 bits per heavy atom. The molecule has 0 saturated heterocycles. The van der Waals surface area contributed by atoms with Crippen LogP contribution in [-0.4, -0.2) is 24.2 Å². The summed E-state index contributed by atoms with van der Waals surface area (Å²) in [5.41, 5.74) is 8.46. The molecule has 0 unspecified atom stereocenters. The van der Waals surface area contributed by atoms with E-state index in [9.17, 15) is 8.42 Å². The van der Waals surface area contributed by atoms with Gasteiger partial charge in [0, 0.05) is 5.56 Å². The summed E-state index contributed by atoms with van der Waals surface area (Å²) in [5, 5.41) is 0. The number of benzene rings is 1. The first-order valence-electron chi connectivity index (χ1n) is 5.77. The zero-order chi connectivity index (χ0) is 14.3. The van der Waals surface area contributed by atoms with Crippen molar-refractivity contribution >= 4 is 21.9 Å². The molecule has 7 nitrogen and oxygen atoms in total. The predicted molar refractivity (Wildman–Crippen MR) is 75.5 cm³/mol. The maximum atomic E-state index is 11.4. The molecule has 2 aromatic rings. The molecule has 20 heavy (non-hydrogen) atoms. The van der Waals surface area contributed by atoms with Crippen LogP contribution in [0, 0.1) is 6.92 Å². The van der Waals surface area contributed by atoms with Gasteiger partial charge >= 0.3 is 10.2 Å². The van der Waals surface area contributed by atoms with Gasteiger partial charge in [0.15, 0.2) is 11.7 Å². The zero-order valence-electron chi connectivity index (χ0n) is 10.5. The molecule has 3 N–H and O–H groups in total. The fourth-order valence-corrected chi connectivity index (χ4v) is 2.61. The molecule has 1 aliphatic rings. The van der Waals surface area contributed by atoms with Gasteiger partial charge in [0.2, 0.25) is 0 Å². The minimum absolute atomic E-state index is 0.0911. The lowest BCUT2D eigenvalue weighted by Crippen LogP contribution is -2.28. The minimum atomic E-state index is -3.82. The van der Waals surface area contributed by atoms with Crippen molar-refractivity contribution in [3.63, 3.8) is 0 Å². The van der Waals surface area contributed by atoms with Crippen molar-refractivity contribution in [1.82, 2.24) is 9.97 Å². The number of aromatic nitrogens is 2. The van der Waals surface area contributed by atoms with Gasteiger partial charge in [-0.2, -0.15) is 8.42 Å². The Balaban J connectivity index is 2.11. The SMILES string of the molecule is Cc1ccc(-c2cnc3c(n2)C(N)=NS(=O)(=O)N3)cc1. The summed E-state index contributed by atoms with van der Waals surface area (Å²) < 4.78 is 28.3. The van der Waals surface area contributed by atoms with E-state index in [1.165, 1.54) is 6.20 Å². The van der Waals surface area contributed by atoms with Crippen molar-refractivity contribution in [3.8, 4) is 11.3 Å². The number of nitrogens with zero attached hydrogens (tertiary/aromatic N) is 3. The van der Waals surface area contributed by atoms with Gasteiger partial charge in [0.1, 0.15) is 5.69 Å². The minimum Gasteiger partial charge on any atom is -0.381 e. The van der Waals surface area contributed by atoms with E-state index in [4.69, 9.17) is 5.73 Å². The lowest BCUT2D eigenvalue weighted by atomic mass is 10.1. The predicted octanol–water partition coefficient (Wildman–Crippen LogP) is 0.828. The van der Waals surface area contributed by atoms with Gasteiger partial charge in [-0.1, -0.05) is 29.8 Å². The molecule has 0 atom stereocenters. The first-order valence-corrected chi connectivity index (χ1v) is 7.21. The van der Waals surface area contributed by atoms with Crippen LogP contribution >= 0.6 is 0 Å². The van der Waals surface area contributed by atoms with Crippen LogP contribution in [0.3, 0.4) is 0 Å². The van der Waals surface area contributed by atoms with E-state index in [2.05, 4.69) is 19.1 Å². The average molecular weight is 289 g/mol. The molecule has 0 fully saturated rings. The smallest absolute Gasteiger partial charge is 0.345 e. The number of fused-ring (bicyclic) bond motifs is 1. The molecular weight excluding hydrogens is 278 g/mol. The standard InChI is InChI=1S/C12H11N5O2S/c1-7-2-4-8(5-3-7)9-6-14-12-10(15-9)11(13)16-20(18,19)17-12/h2-6H,1H3,(H2,13,16)(H,14,17). The van der Waals surface area contributed by atoms with E-state index in [1.54, 1.807) is 0 Å². The monoisotopic (exact) mass is 289 g/mol. The number of rotatable bonds is 1. The highest BCUT2D eigenvalue weighted by Gasteiger charge is 2.23. The van der Waals surface area contributed by atoms with E-state index in [1.807, 2.05) is 31.2 Å². The van der Waals surface area contributed by atoms with Crippen LogP contribution in [0.5, 0.6) is 0 Å². The van der Waals surface area contributed by atoms with Gasteiger partial charge < -0.3 is 5.73 Å². The Morgan fingerprint density at radius 1 is 1.20 bits per heavy atom. The van der Waals surface area contributed by atoms with Crippen molar-refractivity contribution in [2.24, 2.45) is 10.1 Å². The Bertz CT molecular complexity index is 812. The lowest BCUT2D eigenvalue weighted by molar-refractivity contribution is 0.602. The summed E-state index contributed by atoms with van der Waals surface area (Å²) in [4.78, 5) is 8.36. The highest BCUT2D eigenvalue weighted by atomic mass is 32.2. The topological polar surface area (TPSA) is 110 Å². The Hall–Kier alpha value is -2.48. The van der Waals surface area contributed by atoms with E-state index in [-0.39, 0.29) is 17.3 Å². The van der Waals surface area contributed by atoms with Crippen LogP contribution in [0.4, 0.5) is 5.82 Å². The molecule has 0 aliphatic carbocycles. The maximum Gasteiger partial charge on any atom is 0.345 e. The summed E-state index contributed by atoms with van der Waals surface area (Å²) >= 11 is 0. The number of aryl methyl sites for hydroxylation is 1. The highest BCUT2D eigenvalue weighted by Crippen LogP contribution is 2.22. The number of anilines is 1. The van der Waals surface area contributed by atoms with Crippen LogP contribution in [0.2, 0.25) is 0 Å². The molecule has 2 heterocycles. The third kappa shape index (κ3) is 2.21. The lowest BCUT2D eigenvalue weighted by Gasteiger charge is -2.14. The molecule has 102 valence electrons. The average Bonchev–Trinajstić information content (AvgIpc) is 2.38. The van der Waals surface area contributed by atoms with Crippen LogP contribution in [0.25, 0.3) is 11.3 Å². The Morgan fingerprint density at radius 3 is 2.60 bits per heavy atom. The van der Waals surface area contributed by atoms with Crippen LogP contribution in [0.1, 0.15) is 11.3 Å². The number of nitrogens with two attached hydrogens (primary N) is 1. The fourth-order valence-electron chi connectivity index (χ4n) is 1.82. The third-order valence-corrected chi connectivity index (χ3v) is 3.69. The Labute approximate surface area is 115 Å². The molecule has 0 radical (unpaired) electrons. The molecule has 8 heteroatoms. The van der Waals surface area contributed by atoms with Gasteiger partial charge in [-0.3, -0.25) is 0 Å². The van der Waals surface area contributed by atoms with Crippen molar-refractivity contribution < 1.29 is 8.42 Å². The van der Waals surface area contributed by atoms with Gasteiger partial charge in [-0.25, -0.2) is 14.7 Å². The summed E-state index contributed by atoms with van der Waals surface area (Å²) in [7, 11) is -3.82. The molecule has 0 bridgehead atoms. The normalized spacial score (nSPS) is 15.9. The van der Waals surface area contributed by atoms with Gasteiger partial charge in [0.25, 0.3) is 0 Å². The maximum absolute atomic E-state index is 11.4. The van der Waals surface area contributed by atoms with Crippen molar-refractivity contribution in [2.75, 3.05) is 4.72 Å². The van der Waals surface area contributed by atoms with E-state index in [0.717, 1.165) is 11.1 Å². The summed E-state index contributed by atoms with van der Waals surface area (Å²) in [6.45, 7) is 1.99. The summed E-state index contributed by atoms with van der Waals surface area (Å²) in [6, 6.07) is 7.73. The zero-order valence-corrected chi connectivity index (χ0v) is 11.3. The van der Waals surface area contributed by atoms with Crippen LogP contribution < -0.4 is 10.5 Å². The number of amidine groups is 1. The molecular formula is C12H11N5O2S. The summed E-state index contributed by atoms with van der Waals surface area (Å²) in [5.74, 6) is -0.0754. The second-order valence-electron chi connectivity index (χ2n) is 4.37. The fraction of sp³-hybridized carbons (Fsp3) is 0.0833. The van der Waals surface area contributed by atoms with Gasteiger partial charge in [-0.05, 0) is 6.92 Å². The quantitative estimate of drug-likeness (QED) is 0.807. The second-order valence-corrected chi connectivity index (χ2v) is 5.71. The second kappa shape index (κ2) is 4.27. The number of hydrogen-bond acceptors (Lipinski definition) is 5. The molecule has 3 rings (SSSR count). The largest absolute Gasteiger partial charge is 0.381 e. The van der Waals surface area contributed by atoms with Crippen molar-refractivity contribution in [3.05, 3.63) is 41.7 Å². The first kappa shape index (κ1) is 12.5. The number of hydrogen-bond donors (Lipinski definition) is 2. The molecule has 1 aromatic heterocycles. The van der Waals surface area contributed by atoms with Crippen molar-refractivity contribution in [1.29, 1.82) is 0 Å². The molecule has 0 amide bonds. The Kier molecular flexibility index (Phi) is 2.68. The van der Waals surface area contributed by atoms with Crippen molar-refractivity contribution in [2.45, 2.75) is 6.92 Å². The number of nitrogens with one attached hydrogen (secondary N) is 1. The molecule has 0 saturated carbocycles. The molecule has 0 spiro atoms. The highest BCUT2D eigenvalue weighted by molar-refractivity contribution is 7.91.